The van der Waals surface area contributed by atoms with Gasteiger partial charge in [0.05, 0.1) is 23.3 Å². The van der Waals surface area contributed by atoms with Gasteiger partial charge < -0.3 is 15.4 Å². The van der Waals surface area contributed by atoms with E-state index in [2.05, 4.69) is 10.6 Å². The molecule has 1 fully saturated rings. The molecule has 0 bridgehead atoms. The lowest BCUT2D eigenvalue weighted by molar-refractivity contribution is -0.116. The Morgan fingerprint density at radius 2 is 1.94 bits per heavy atom. The largest absolute Gasteiger partial charge is 0.495 e. The third-order valence-electron chi connectivity index (χ3n) is 5.16. The predicted molar refractivity (Wildman–Crippen MR) is 121 cm³/mol. The highest BCUT2D eigenvalue weighted by Gasteiger charge is 2.26. The smallest absolute Gasteiger partial charge is 0.247 e. The summed E-state index contributed by atoms with van der Waals surface area (Å²) in [6.07, 6.45) is 3.77. The maximum absolute atomic E-state index is 13.1. The number of thiophene rings is 1. The van der Waals surface area contributed by atoms with Crippen molar-refractivity contribution < 1.29 is 17.9 Å². The molecule has 0 aliphatic carbocycles. The number of rotatable bonds is 7. The first-order chi connectivity index (χ1) is 14.9. The van der Waals surface area contributed by atoms with Crippen molar-refractivity contribution in [2.24, 2.45) is 0 Å². The zero-order valence-electron chi connectivity index (χ0n) is 17.6. The fraction of sp³-hybridized carbons (Fsp3) is 0.429. The number of sulfonamides is 1. The van der Waals surface area contributed by atoms with Gasteiger partial charge in [0.25, 0.3) is 0 Å². The first-order valence-electron chi connectivity index (χ1n) is 10.1. The van der Waals surface area contributed by atoms with E-state index in [1.54, 1.807) is 24.4 Å². The number of hydrogen-bond acceptors (Lipinski definition) is 7. The number of nitrogens with one attached hydrogen (secondary N) is 2. The topological polar surface area (TPSA) is 112 Å². The maximum Gasteiger partial charge on any atom is 0.247 e. The molecule has 0 saturated carbocycles. The van der Waals surface area contributed by atoms with E-state index in [1.807, 2.05) is 6.07 Å². The molecule has 1 saturated heterocycles. The van der Waals surface area contributed by atoms with Crippen LogP contribution in [0.1, 0.15) is 38.2 Å². The monoisotopic (exact) mass is 462 g/mol. The predicted octanol–water partition coefficient (Wildman–Crippen LogP) is 3.63. The van der Waals surface area contributed by atoms with Crippen molar-refractivity contribution >= 4 is 38.0 Å². The molecule has 1 aromatic carbocycles. The summed E-state index contributed by atoms with van der Waals surface area (Å²) in [7, 11) is -2.15. The molecule has 3 rings (SSSR count). The Hall–Kier alpha value is -2.61. The van der Waals surface area contributed by atoms with Crippen molar-refractivity contribution in [1.29, 1.82) is 5.26 Å². The zero-order chi connectivity index (χ0) is 22.4. The van der Waals surface area contributed by atoms with Gasteiger partial charge in [-0.1, -0.05) is 12.8 Å². The molecule has 31 heavy (non-hydrogen) atoms. The summed E-state index contributed by atoms with van der Waals surface area (Å²) in [5.41, 5.74) is 0.807. The molecule has 2 N–H and O–H groups in total. The second kappa shape index (κ2) is 10.1. The lowest BCUT2D eigenvalue weighted by atomic mass is 10.2. The van der Waals surface area contributed by atoms with Crippen LogP contribution in [0.2, 0.25) is 0 Å². The summed E-state index contributed by atoms with van der Waals surface area (Å²) in [5, 5.41) is 17.1. The first-order valence-corrected chi connectivity index (χ1v) is 12.4. The van der Waals surface area contributed by atoms with Crippen molar-refractivity contribution in [1.82, 2.24) is 4.31 Å². The maximum atomic E-state index is 13.1. The van der Waals surface area contributed by atoms with Gasteiger partial charge in [-0.05, 0) is 49.4 Å². The molecule has 1 atom stereocenters. The van der Waals surface area contributed by atoms with E-state index < -0.39 is 16.1 Å². The third-order valence-corrected chi connectivity index (χ3v) is 7.89. The Morgan fingerprint density at radius 3 is 2.58 bits per heavy atom. The molecule has 2 heterocycles. The molecule has 0 spiro atoms. The van der Waals surface area contributed by atoms with Gasteiger partial charge in [0, 0.05) is 13.1 Å². The summed E-state index contributed by atoms with van der Waals surface area (Å²) in [6, 6.07) is 7.60. The van der Waals surface area contributed by atoms with Gasteiger partial charge in [-0.15, -0.1) is 11.3 Å². The van der Waals surface area contributed by atoms with Crippen LogP contribution in [0.4, 0.5) is 10.7 Å². The Kier molecular flexibility index (Phi) is 7.54. The van der Waals surface area contributed by atoms with Crippen molar-refractivity contribution in [3.63, 3.8) is 0 Å². The van der Waals surface area contributed by atoms with Crippen molar-refractivity contribution in [2.45, 2.75) is 43.5 Å². The van der Waals surface area contributed by atoms with Crippen LogP contribution in [0, 0.1) is 11.3 Å². The molecule has 0 unspecified atom stereocenters. The minimum Gasteiger partial charge on any atom is -0.495 e. The van der Waals surface area contributed by atoms with Crippen LogP contribution in [-0.4, -0.2) is 44.9 Å². The summed E-state index contributed by atoms with van der Waals surface area (Å²) >= 11 is 1.27. The van der Waals surface area contributed by atoms with Gasteiger partial charge in [0.2, 0.25) is 15.9 Å². The second-order valence-corrected chi connectivity index (χ2v) is 10.2. The molecule has 8 nitrogen and oxygen atoms in total. The van der Waals surface area contributed by atoms with Crippen molar-refractivity contribution in [2.75, 3.05) is 30.8 Å². The molecular formula is C21H26N4O4S2. The average Bonchev–Trinajstić information content (AvgIpc) is 3.02. The lowest BCUT2D eigenvalue weighted by Gasteiger charge is -2.22. The van der Waals surface area contributed by atoms with E-state index in [9.17, 15) is 13.2 Å². The molecule has 1 aliphatic rings. The zero-order valence-corrected chi connectivity index (χ0v) is 19.2. The fourth-order valence-corrected chi connectivity index (χ4v) is 5.69. The van der Waals surface area contributed by atoms with E-state index in [0.29, 0.717) is 35.1 Å². The van der Waals surface area contributed by atoms with Crippen LogP contribution in [0.5, 0.6) is 5.75 Å². The summed E-state index contributed by atoms with van der Waals surface area (Å²) in [4.78, 5) is 12.8. The minimum atomic E-state index is -3.64. The average molecular weight is 463 g/mol. The minimum absolute atomic E-state index is 0.162. The van der Waals surface area contributed by atoms with Crippen LogP contribution in [-0.2, 0) is 14.8 Å². The van der Waals surface area contributed by atoms with E-state index in [1.165, 1.54) is 34.9 Å². The van der Waals surface area contributed by atoms with E-state index in [-0.39, 0.29) is 10.8 Å². The Bertz CT molecular complexity index is 1070. The van der Waals surface area contributed by atoms with Crippen LogP contribution < -0.4 is 15.4 Å². The van der Waals surface area contributed by atoms with E-state index in [4.69, 9.17) is 10.00 Å². The number of hydrogen-bond donors (Lipinski definition) is 2. The van der Waals surface area contributed by atoms with Gasteiger partial charge in [-0.25, -0.2) is 8.42 Å². The summed E-state index contributed by atoms with van der Waals surface area (Å²) in [6.45, 7) is 2.68. The molecule has 0 radical (unpaired) electrons. The fourth-order valence-electron chi connectivity index (χ4n) is 3.40. The molecule has 10 heteroatoms. The number of amides is 1. The number of nitrogens with zero attached hydrogens (tertiary/aromatic N) is 2. The lowest BCUT2D eigenvalue weighted by Crippen LogP contribution is -2.33. The first kappa shape index (κ1) is 23.1. The van der Waals surface area contributed by atoms with Gasteiger partial charge in [-0.3, -0.25) is 4.79 Å². The van der Waals surface area contributed by atoms with Crippen LogP contribution >= 0.6 is 11.3 Å². The molecular weight excluding hydrogens is 436 g/mol. The highest BCUT2D eigenvalue weighted by atomic mass is 32.2. The van der Waals surface area contributed by atoms with Gasteiger partial charge >= 0.3 is 0 Å². The van der Waals surface area contributed by atoms with Crippen LogP contribution in [0.25, 0.3) is 0 Å². The van der Waals surface area contributed by atoms with Gasteiger partial charge in [-0.2, -0.15) is 9.57 Å². The summed E-state index contributed by atoms with van der Waals surface area (Å²) in [5.74, 6) is 0.0880. The molecule has 1 amide bonds. The van der Waals surface area contributed by atoms with Crippen molar-refractivity contribution in [3.8, 4) is 11.8 Å². The van der Waals surface area contributed by atoms with Gasteiger partial charge in [0.1, 0.15) is 22.9 Å². The van der Waals surface area contributed by atoms with Crippen LogP contribution in [0.3, 0.4) is 0 Å². The van der Waals surface area contributed by atoms with Gasteiger partial charge in [0.15, 0.2) is 0 Å². The van der Waals surface area contributed by atoms with E-state index in [0.717, 1.165) is 25.7 Å². The Labute approximate surface area is 186 Å². The van der Waals surface area contributed by atoms with E-state index >= 15 is 0 Å². The normalized spacial score (nSPS) is 16.0. The van der Waals surface area contributed by atoms with Crippen molar-refractivity contribution in [3.05, 3.63) is 35.2 Å². The number of ether oxygens (including phenoxy) is 1. The SMILES string of the molecule is COc1ccc(S(=O)(=O)N2CCCCCC2)cc1N[C@H](C)C(=O)Nc1sccc1C#N. The Morgan fingerprint density at radius 1 is 1.23 bits per heavy atom. The number of nitriles is 1. The number of benzene rings is 1. The molecule has 1 aromatic heterocycles. The quantitative estimate of drug-likeness (QED) is 0.650. The van der Waals surface area contributed by atoms with Crippen LogP contribution in [0.15, 0.2) is 34.5 Å². The second-order valence-electron chi connectivity index (χ2n) is 7.31. The molecule has 2 aromatic rings. The highest BCUT2D eigenvalue weighted by molar-refractivity contribution is 7.89. The summed E-state index contributed by atoms with van der Waals surface area (Å²) < 4.78 is 33.2. The number of carbonyl (C=O) groups excluding carboxylic acids is 1. The Balaban J connectivity index is 1.80. The number of carbonyl (C=O) groups is 1. The third kappa shape index (κ3) is 5.36. The number of anilines is 2. The number of methoxy groups -OCH3 is 1. The standard InChI is InChI=1S/C21H26N4O4S2/c1-15(20(26)24-21-16(14-22)9-12-30-21)23-18-13-17(7-8-19(18)29-2)31(27,28)25-10-5-3-4-6-11-25/h7-9,12-13,15,23H,3-6,10-11H2,1-2H3,(H,24,26)/t15-/m1/s1. The molecule has 166 valence electrons. The highest BCUT2D eigenvalue weighted by Crippen LogP contribution is 2.30. The molecule has 1 aliphatic heterocycles.